The predicted molar refractivity (Wildman–Crippen MR) is 84.0 cm³/mol. The molecule has 0 aromatic carbocycles. The van der Waals surface area contributed by atoms with E-state index < -0.39 is 0 Å². The number of hydrogen-bond acceptors (Lipinski definition) is 4. The second-order valence-electron chi connectivity index (χ2n) is 5.58. The zero-order valence-electron chi connectivity index (χ0n) is 14.0. The number of hydrogen-bond donors (Lipinski definition) is 0. The normalized spacial score (nSPS) is 12.0. The van der Waals surface area contributed by atoms with Gasteiger partial charge in [0.1, 0.15) is 0 Å². The molecule has 0 bridgehead atoms. The van der Waals surface area contributed by atoms with Gasteiger partial charge in [-0.25, -0.2) is 0 Å². The Morgan fingerprint density at radius 3 is 2.14 bits per heavy atom. The molecule has 0 saturated carbocycles. The first kappa shape index (κ1) is 19.9. The third-order valence-corrected chi connectivity index (χ3v) is 3.28. The van der Waals surface area contributed by atoms with Crippen molar-refractivity contribution in [3.8, 4) is 0 Å². The predicted octanol–water partition coefficient (Wildman–Crippen LogP) is 4.40. The van der Waals surface area contributed by atoms with Crippen LogP contribution < -0.4 is 0 Å². The van der Waals surface area contributed by atoms with Crippen LogP contribution in [-0.4, -0.2) is 24.6 Å². The molecule has 0 aliphatic carbocycles. The van der Waals surface area contributed by atoms with E-state index in [0.717, 1.165) is 19.3 Å². The Kier molecular flexibility index (Phi) is 13.2. The molecule has 1 atom stereocenters. The van der Waals surface area contributed by atoms with Gasteiger partial charge in [-0.1, -0.05) is 33.1 Å². The van der Waals surface area contributed by atoms with Crippen LogP contribution in [0.25, 0.3) is 0 Å². The zero-order valence-corrected chi connectivity index (χ0v) is 14.0. The fourth-order valence-electron chi connectivity index (χ4n) is 2.03. The number of carbonyl (C=O) groups excluding carboxylic acids is 2. The fraction of sp³-hybridized carbons (Fsp3) is 0.882. The van der Waals surface area contributed by atoms with E-state index in [4.69, 9.17) is 9.47 Å². The molecule has 0 fully saturated rings. The summed E-state index contributed by atoms with van der Waals surface area (Å²) in [4.78, 5) is 22.9. The minimum absolute atomic E-state index is 0.00359. The van der Waals surface area contributed by atoms with Crippen molar-refractivity contribution in [1.29, 1.82) is 0 Å². The molecule has 0 rings (SSSR count). The molecule has 0 spiro atoms. The minimum Gasteiger partial charge on any atom is -0.466 e. The van der Waals surface area contributed by atoms with Gasteiger partial charge in [-0.15, -0.1) is 0 Å². The second kappa shape index (κ2) is 13.9. The summed E-state index contributed by atoms with van der Waals surface area (Å²) in [5.74, 6) is -0.325. The molecule has 0 aromatic rings. The Bertz CT molecular complexity index is 276. The quantitative estimate of drug-likeness (QED) is 0.373. The Morgan fingerprint density at radius 1 is 0.857 bits per heavy atom. The molecule has 21 heavy (non-hydrogen) atoms. The molecule has 0 aliphatic rings. The maximum Gasteiger partial charge on any atom is 0.306 e. The number of ether oxygens (including phenoxy) is 2. The Hall–Kier alpha value is -1.06. The summed E-state index contributed by atoms with van der Waals surface area (Å²) < 4.78 is 10.3. The smallest absolute Gasteiger partial charge is 0.306 e. The van der Waals surface area contributed by atoms with Crippen LogP contribution >= 0.6 is 0 Å². The molecule has 124 valence electrons. The van der Waals surface area contributed by atoms with Crippen molar-refractivity contribution in [2.75, 3.05) is 6.61 Å². The van der Waals surface area contributed by atoms with Gasteiger partial charge in [-0.2, -0.15) is 0 Å². The summed E-state index contributed by atoms with van der Waals surface area (Å²) in [6.07, 6.45) is 8.71. The van der Waals surface area contributed by atoms with E-state index in [-0.39, 0.29) is 18.0 Å². The lowest BCUT2D eigenvalue weighted by Crippen LogP contribution is -2.14. The van der Waals surface area contributed by atoms with Crippen molar-refractivity contribution in [3.63, 3.8) is 0 Å². The Balaban J connectivity index is 3.50. The highest BCUT2D eigenvalue weighted by Crippen LogP contribution is 2.10. The van der Waals surface area contributed by atoms with Crippen molar-refractivity contribution >= 4 is 11.9 Å². The summed E-state index contributed by atoms with van der Waals surface area (Å²) >= 11 is 0. The molecule has 0 amide bonds. The van der Waals surface area contributed by atoms with Crippen LogP contribution in [0, 0.1) is 0 Å². The molecular formula is C17H32O4. The molecular weight excluding hydrogens is 268 g/mol. The second-order valence-corrected chi connectivity index (χ2v) is 5.58. The van der Waals surface area contributed by atoms with Gasteiger partial charge in [0.05, 0.1) is 12.7 Å². The average Bonchev–Trinajstić information content (AvgIpc) is 2.46. The SMILES string of the molecule is CCCCCCC(C)OC(=O)CCCCC(=O)OCCC. The van der Waals surface area contributed by atoms with Gasteiger partial charge in [-0.05, 0) is 39.0 Å². The molecule has 0 radical (unpaired) electrons. The monoisotopic (exact) mass is 300 g/mol. The van der Waals surface area contributed by atoms with Crippen LogP contribution in [-0.2, 0) is 19.1 Å². The Morgan fingerprint density at radius 2 is 1.52 bits per heavy atom. The van der Waals surface area contributed by atoms with Gasteiger partial charge >= 0.3 is 11.9 Å². The van der Waals surface area contributed by atoms with Gasteiger partial charge in [0, 0.05) is 12.8 Å². The lowest BCUT2D eigenvalue weighted by Gasteiger charge is -2.13. The minimum atomic E-state index is -0.172. The number of esters is 2. The highest BCUT2D eigenvalue weighted by Gasteiger charge is 2.10. The molecule has 0 N–H and O–H groups in total. The van der Waals surface area contributed by atoms with Crippen molar-refractivity contribution in [3.05, 3.63) is 0 Å². The van der Waals surface area contributed by atoms with Gasteiger partial charge < -0.3 is 9.47 Å². The van der Waals surface area contributed by atoms with Crippen LogP contribution in [0.4, 0.5) is 0 Å². The Labute approximate surface area is 129 Å². The molecule has 4 heteroatoms. The van der Waals surface area contributed by atoms with Crippen LogP contribution in [0.3, 0.4) is 0 Å². The highest BCUT2D eigenvalue weighted by atomic mass is 16.5. The van der Waals surface area contributed by atoms with Gasteiger partial charge in [0.2, 0.25) is 0 Å². The van der Waals surface area contributed by atoms with Crippen LogP contribution in [0.15, 0.2) is 0 Å². The average molecular weight is 300 g/mol. The van der Waals surface area contributed by atoms with E-state index in [2.05, 4.69) is 6.92 Å². The van der Waals surface area contributed by atoms with Crippen molar-refractivity contribution in [2.45, 2.75) is 91.1 Å². The number of unbranched alkanes of at least 4 members (excludes halogenated alkanes) is 4. The van der Waals surface area contributed by atoms with E-state index >= 15 is 0 Å². The number of carbonyl (C=O) groups is 2. The molecule has 0 aliphatic heterocycles. The molecule has 0 heterocycles. The molecule has 1 unspecified atom stereocenters. The third-order valence-electron chi connectivity index (χ3n) is 3.28. The van der Waals surface area contributed by atoms with Crippen molar-refractivity contribution in [2.24, 2.45) is 0 Å². The lowest BCUT2D eigenvalue weighted by molar-refractivity contribution is -0.149. The van der Waals surface area contributed by atoms with Crippen molar-refractivity contribution in [1.82, 2.24) is 0 Å². The summed E-state index contributed by atoms with van der Waals surface area (Å²) in [7, 11) is 0. The van der Waals surface area contributed by atoms with E-state index in [1.165, 1.54) is 19.3 Å². The van der Waals surface area contributed by atoms with Gasteiger partial charge in [0.25, 0.3) is 0 Å². The number of rotatable bonds is 13. The molecule has 0 aromatic heterocycles. The van der Waals surface area contributed by atoms with E-state index in [0.29, 0.717) is 32.3 Å². The summed E-state index contributed by atoms with van der Waals surface area (Å²) in [6.45, 7) is 6.58. The van der Waals surface area contributed by atoms with Gasteiger partial charge in [0.15, 0.2) is 0 Å². The van der Waals surface area contributed by atoms with Crippen LogP contribution in [0.1, 0.15) is 85.0 Å². The van der Waals surface area contributed by atoms with Crippen LogP contribution in [0.2, 0.25) is 0 Å². The topological polar surface area (TPSA) is 52.6 Å². The van der Waals surface area contributed by atoms with Crippen molar-refractivity contribution < 1.29 is 19.1 Å². The lowest BCUT2D eigenvalue weighted by atomic mass is 10.1. The van der Waals surface area contributed by atoms with Crippen LogP contribution in [0.5, 0.6) is 0 Å². The third kappa shape index (κ3) is 13.7. The van der Waals surface area contributed by atoms with E-state index in [1.807, 2.05) is 13.8 Å². The first-order valence-corrected chi connectivity index (χ1v) is 8.45. The largest absolute Gasteiger partial charge is 0.466 e. The van der Waals surface area contributed by atoms with Gasteiger partial charge in [-0.3, -0.25) is 9.59 Å². The summed E-state index contributed by atoms with van der Waals surface area (Å²) in [6, 6.07) is 0. The fourth-order valence-corrected chi connectivity index (χ4v) is 2.03. The maximum absolute atomic E-state index is 11.6. The van der Waals surface area contributed by atoms with E-state index in [1.54, 1.807) is 0 Å². The molecule has 4 nitrogen and oxygen atoms in total. The van der Waals surface area contributed by atoms with E-state index in [9.17, 15) is 9.59 Å². The first-order valence-electron chi connectivity index (χ1n) is 8.45. The first-order chi connectivity index (χ1) is 10.1. The standard InChI is InChI=1S/C17H32O4/c1-4-6-7-8-11-15(3)21-17(19)13-10-9-12-16(18)20-14-5-2/h15H,4-14H2,1-3H3. The summed E-state index contributed by atoms with van der Waals surface area (Å²) in [5, 5.41) is 0. The highest BCUT2D eigenvalue weighted by molar-refractivity contribution is 5.70. The molecule has 0 saturated heterocycles. The summed E-state index contributed by atoms with van der Waals surface area (Å²) in [5.41, 5.74) is 0. The maximum atomic E-state index is 11.6. The zero-order chi connectivity index (χ0) is 15.9.